The molecule has 0 radical (unpaired) electrons. The second-order valence-electron chi connectivity index (χ2n) is 5.09. The number of hydrogen-bond donors (Lipinski definition) is 2. The fourth-order valence-corrected chi connectivity index (χ4v) is 1.94. The van der Waals surface area contributed by atoms with Crippen molar-refractivity contribution in [1.82, 2.24) is 5.32 Å². The largest absolute Gasteiger partial charge is 0.504 e. The van der Waals surface area contributed by atoms with Crippen molar-refractivity contribution in [3.8, 4) is 11.5 Å². The highest BCUT2D eigenvalue weighted by molar-refractivity contribution is 6.30. The van der Waals surface area contributed by atoms with E-state index in [-0.39, 0.29) is 5.75 Å². The first-order valence-electron chi connectivity index (χ1n) is 6.88. The lowest BCUT2D eigenvalue weighted by atomic mass is 10.1. The maximum Gasteiger partial charge on any atom is 0.162 e. The Hall–Kier alpha value is -0.970. The molecule has 2 N–H and O–H groups in total. The molecule has 1 aromatic carbocycles. The van der Waals surface area contributed by atoms with Crippen LogP contribution in [0.4, 0.5) is 0 Å². The third-order valence-electron chi connectivity index (χ3n) is 2.92. The summed E-state index contributed by atoms with van der Waals surface area (Å²) in [6.07, 6.45) is 1.08. The van der Waals surface area contributed by atoms with E-state index in [9.17, 15) is 5.11 Å². The number of aromatic hydroxyl groups is 1. The smallest absolute Gasteiger partial charge is 0.162 e. The van der Waals surface area contributed by atoms with Gasteiger partial charge >= 0.3 is 0 Å². The number of methoxy groups -OCH3 is 1. The van der Waals surface area contributed by atoms with Gasteiger partial charge in [0.05, 0.1) is 13.7 Å². The topological polar surface area (TPSA) is 50.7 Å². The van der Waals surface area contributed by atoms with E-state index in [0.717, 1.165) is 25.1 Å². The number of phenols is 1. The molecule has 0 atom stereocenters. The number of rotatable bonds is 9. The normalized spacial score (nSPS) is 11.1. The summed E-state index contributed by atoms with van der Waals surface area (Å²) < 4.78 is 10.6. The van der Waals surface area contributed by atoms with E-state index >= 15 is 0 Å². The monoisotopic (exact) mass is 301 g/mol. The summed E-state index contributed by atoms with van der Waals surface area (Å²) in [4.78, 5) is 0. The van der Waals surface area contributed by atoms with Crippen molar-refractivity contribution in [2.75, 3.05) is 26.9 Å². The van der Waals surface area contributed by atoms with Crippen LogP contribution in [0.2, 0.25) is 5.02 Å². The molecule has 1 rings (SSSR count). The number of nitrogens with one attached hydrogen (secondary N) is 1. The lowest BCUT2D eigenvalue weighted by molar-refractivity contribution is 0.125. The van der Waals surface area contributed by atoms with Crippen molar-refractivity contribution in [2.45, 2.75) is 26.8 Å². The van der Waals surface area contributed by atoms with Crippen LogP contribution in [-0.4, -0.2) is 32.0 Å². The lowest BCUT2D eigenvalue weighted by Crippen LogP contribution is -2.19. The van der Waals surface area contributed by atoms with Gasteiger partial charge < -0.3 is 19.9 Å². The van der Waals surface area contributed by atoms with Gasteiger partial charge in [0.15, 0.2) is 11.5 Å². The Bertz CT molecular complexity index is 410. The predicted molar refractivity (Wildman–Crippen MR) is 81.6 cm³/mol. The summed E-state index contributed by atoms with van der Waals surface area (Å²) in [5.41, 5.74) is 0.719. The Labute approximate surface area is 126 Å². The molecule has 0 saturated carbocycles. The second-order valence-corrected chi connectivity index (χ2v) is 5.52. The van der Waals surface area contributed by atoms with Crippen LogP contribution in [0.15, 0.2) is 12.1 Å². The van der Waals surface area contributed by atoms with Crippen LogP contribution in [0.25, 0.3) is 0 Å². The fraction of sp³-hybridized carbons (Fsp3) is 0.600. The van der Waals surface area contributed by atoms with E-state index in [4.69, 9.17) is 21.1 Å². The summed E-state index contributed by atoms with van der Waals surface area (Å²) in [5.74, 6) is 1.19. The summed E-state index contributed by atoms with van der Waals surface area (Å²) in [6.45, 7) is 7.05. The quantitative estimate of drug-likeness (QED) is 0.688. The molecule has 1 aromatic rings. The van der Waals surface area contributed by atoms with Gasteiger partial charge in [-0.15, -0.1) is 0 Å². The Balaban J connectivity index is 2.30. The molecule has 0 bridgehead atoms. The summed E-state index contributed by atoms with van der Waals surface area (Å²) >= 11 is 5.97. The average Bonchev–Trinajstić information content (AvgIpc) is 2.40. The minimum atomic E-state index is 0.130. The van der Waals surface area contributed by atoms with Gasteiger partial charge in [0, 0.05) is 36.3 Å². The molecule has 0 amide bonds. The highest BCUT2D eigenvalue weighted by Crippen LogP contribution is 2.33. The number of phenolic OH excluding ortho intramolecular Hbond substituents is 1. The van der Waals surface area contributed by atoms with Gasteiger partial charge in [-0.2, -0.15) is 0 Å². The maximum atomic E-state index is 9.96. The van der Waals surface area contributed by atoms with Crippen LogP contribution in [0.3, 0.4) is 0 Å². The number of hydrogen-bond acceptors (Lipinski definition) is 4. The Kier molecular flexibility index (Phi) is 7.73. The molecule has 0 heterocycles. The number of benzene rings is 1. The molecule has 0 aliphatic heterocycles. The second kappa shape index (κ2) is 9.06. The molecule has 114 valence electrons. The van der Waals surface area contributed by atoms with Crippen molar-refractivity contribution in [3.05, 3.63) is 22.7 Å². The standard InChI is InChI=1S/C15H24ClNO3/c1-11(2)4-6-20-7-5-17-10-12-8-13(16)9-14(19-3)15(12)18/h8-9,11,17-18H,4-7,10H2,1-3H3. The van der Waals surface area contributed by atoms with E-state index in [1.807, 2.05) is 0 Å². The van der Waals surface area contributed by atoms with Crippen molar-refractivity contribution in [1.29, 1.82) is 0 Å². The lowest BCUT2D eigenvalue weighted by Gasteiger charge is -2.11. The zero-order valence-corrected chi connectivity index (χ0v) is 13.2. The molecule has 4 nitrogen and oxygen atoms in total. The molecule has 5 heteroatoms. The number of ether oxygens (including phenoxy) is 2. The van der Waals surface area contributed by atoms with Crippen molar-refractivity contribution >= 4 is 11.6 Å². The zero-order valence-electron chi connectivity index (χ0n) is 12.4. The molecular weight excluding hydrogens is 278 g/mol. The van der Waals surface area contributed by atoms with Crippen LogP contribution in [0.5, 0.6) is 11.5 Å². The molecule has 0 aliphatic rings. The van der Waals surface area contributed by atoms with Crippen molar-refractivity contribution in [2.24, 2.45) is 5.92 Å². The Morgan fingerprint density at radius 3 is 2.70 bits per heavy atom. The molecular formula is C15H24ClNO3. The van der Waals surface area contributed by atoms with Crippen LogP contribution in [-0.2, 0) is 11.3 Å². The summed E-state index contributed by atoms with van der Waals surface area (Å²) in [5, 5.41) is 13.7. The first-order valence-corrected chi connectivity index (χ1v) is 7.26. The van der Waals surface area contributed by atoms with Gasteiger partial charge in [-0.05, 0) is 18.4 Å². The van der Waals surface area contributed by atoms with Gasteiger partial charge in [-0.25, -0.2) is 0 Å². The van der Waals surface area contributed by atoms with Crippen molar-refractivity contribution < 1.29 is 14.6 Å². The zero-order chi connectivity index (χ0) is 15.0. The first kappa shape index (κ1) is 17.1. The maximum absolute atomic E-state index is 9.96. The molecule has 0 aromatic heterocycles. The SMILES string of the molecule is COc1cc(Cl)cc(CNCCOCCC(C)C)c1O. The van der Waals surface area contributed by atoms with E-state index in [0.29, 0.717) is 29.8 Å². The first-order chi connectivity index (χ1) is 9.54. The van der Waals surface area contributed by atoms with Crippen molar-refractivity contribution in [3.63, 3.8) is 0 Å². The molecule has 0 unspecified atom stereocenters. The van der Waals surface area contributed by atoms with Crippen LogP contribution >= 0.6 is 11.6 Å². The number of halogens is 1. The Morgan fingerprint density at radius 2 is 2.05 bits per heavy atom. The minimum Gasteiger partial charge on any atom is -0.504 e. The summed E-state index contributed by atoms with van der Waals surface area (Å²) in [6, 6.07) is 3.32. The van der Waals surface area contributed by atoms with E-state index in [2.05, 4.69) is 19.2 Å². The van der Waals surface area contributed by atoms with Gasteiger partial charge in [0.1, 0.15) is 0 Å². The van der Waals surface area contributed by atoms with E-state index in [1.165, 1.54) is 7.11 Å². The molecule has 20 heavy (non-hydrogen) atoms. The highest BCUT2D eigenvalue weighted by atomic mass is 35.5. The van der Waals surface area contributed by atoms with E-state index < -0.39 is 0 Å². The molecule has 0 aliphatic carbocycles. The fourth-order valence-electron chi connectivity index (χ4n) is 1.71. The molecule has 0 saturated heterocycles. The highest BCUT2D eigenvalue weighted by Gasteiger charge is 2.09. The molecule has 0 fully saturated rings. The third-order valence-corrected chi connectivity index (χ3v) is 3.13. The van der Waals surface area contributed by atoms with Crippen LogP contribution < -0.4 is 10.1 Å². The van der Waals surface area contributed by atoms with Gasteiger partial charge in [0.25, 0.3) is 0 Å². The van der Waals surface area contributed by atoms with Crippen LogP contribution in [0, 0.1) is 5.92 Å². The average molecular weight is 302 g/mol. The summed E-state index contributed by atoms with van der Waals surface area (Å²) in [7, 11) is 1.51. The predicted octanol–water partition coefficient (Wildman–Crippen LogP) is 3.21. The Morgan fingerprint density at radius 1 is 1.30 bits per heavy atom. The van der Waals surface area contributed by atoms with Gasteiger partial charge in [-0.3, -0.25) is 0 Å². The minimum absolute atomic E-state index is 0.130. The molecule has 0 spiro atoms. The van der Waals surface area contributed by atoms with E-state index in [1.54, 1.807) is 12.1 Å². The van der Waals surface area contributed by atoms with Gasteiger partial charge in [0.2, 0.25) is 0 Å². The van der Waals surface area contributed by atoms with Crippen LogP contribution in [0.1, 0.15) is 25.8 Å². The van der Waals surface area contributed by atoms with Gasteiger partial charge in [-0.1, -0.05) is 25.4 Å². The third kappa shape index (κ3) is 5.99.